The van der Waals surface area contributed by atoms with Crippen LogP contribution in [0.15, 0.2) is 66.7 Å². The van der Waals surface area contributed by atoms with Gasteiger partial charge in [0.15, 0.2) is 5.69 Å². The van der Waals surface area contributed by atoms with Crippen molar-refractivity contribution in [2.75, 3.05) is 0 Å². The van der Waals surface area contributed by atoms with Crippen LogP contribution in [0.1, 0.15) is 27.3 Å². The molecule has 5 heteroatoms. The lowest BCUT2D eigenvalue weighted by Gasteiger charge is -2.13. The Balaban J connectivity index is 1.83. The molecule has 0 aliphatic rings. The molecule has 0 saturated heterocycles. The SMILES string of the molecule is Cc1ccccc1Oc1nc(C)c(C(=O)O)n1Cc1cccc2ccccc12. The second-order valence-corrected chi connectivity index (χ2v) is 6.73. The molecule has 0 radical (unpaired) electrons. The summed E-state index contributed by atoms with van der Waals surface area (Å²) in [5, 5.41) is 11.9. The van der Waals surface area contributed by atoms with Crippen LogP contribution in [0.25, 0.3) is 10.8 Å². The highest BCUT2D eigenvalue weighted by Gasteiger charge is 2.22. The van der Waals surface area contributed by atoms with Gasteiger partial charge in [-0.25, -0.2) is 4.79 Å². The molecule has 0 aliphatic heterocycles. The third-order valence-electron chi connectivity index (χ3n) is 4.81. The highest BCUT2D eigenvalue weighted by atomic mass is 16.5. The molecule has 1 heterocycles. The first-order valence-electron chi connectivity index (χ1n) is 9.05. The monoisotopic (exact) mass is 372 g/mol. The van der Waals surface area contributed by atoms with Gasteiger partial charge in [-0.3, -0.25) is 4.57 Å². The summed E-state index contributed by atoms with van der Waals surface area (Å²) in [6, 6.07) is 21.9. The standard InChI is InChI=1S/C23H20N2O3/c1-15-8-3-6-13-20(15)28-23-24-16(2)21(22(26)27)25(23)14-18-11-7-10-17-9-4-5-12-19(17)18/h3-13H,14H2,1-2H3,(H,26,27). The van der Waals surface area contributed by atoms with Gasteiger partial charge in [0, 0.05) is 0 Å². The van der Waals surface area contributed by atoms with Crippen LogP contribution in [-0.2, 0) is 6.54 Å². The minimum atomic E-state index is -1.02. The number of hydrogen-bond donors (Lipinski definition) is 1. The van der Waals surface area contributed by atoms with Gasteiger partial charge in [-0.2, -0.15) is 4.98 Å². The molecule has 4 aromatic rings. The minimum Gasteiger partial charge on any atom is -0.477 e. The van der Waals surface area contributed by atoms with E-state index in [0.717, 1.165) is 21.9 Å². The summed E-state index contributed by atoms with van der Waals surface area (Å²) in [6.07, 6.45) is 0. The molecule has 0 bridgehead atoms. The lowest BCUT2D eigenvalue weighted by molar-refractivity contribution is 0.0683. The summed E-state index contributed by atoms with van der Waals surface area (Å²) in [5.74, 6) is -0.367. The molecule has 3 aromatic carbocycles. The molecule has 0 amide bonds. The van der Waals surface area contributed by atoms with Crippen LogP contribution in [0.3, 0.4) is 0 Å². The van der Waals surface area contributed by atoms with Crippen molar-refractivity contribution in [3.8, 4) is 11.8 Å². The molecule has 1 N–H and O–H groups in total. The van der Waals surface area contributed by atoms with Gasteiger partial charge in [0.05, 0.1) is 12.2 Å². The molecule has 0 saturated carbocycles. The smallest absolute Gasteiger partial charge is 0.354 e. The number of fused-ring (bicyclic) bond motifs is 1. The van der Waals surface area contributed by atoms with Gasteiger partial charge >= 0.3 is 12.0 Å². The fourth-order valence-electron chi connectivity index (χ4n) is 3.41. The molecule has 0 aliphatic carbocycles. The summed E-state index contributed by atoms with van der Waals surface area (Å²) >= 11 is 0. The number of carbonyl (C=O) groups is 1. The predicted octanol–water partition coefficient (Wildman–Crippen LogP) is 5.19. The summed E-state index contributed by atoms with van der Waals surface area (Å²) in [5.41, 5.74) is 2.53. The number of rotatable bonds is 5. The zero-order valence-corrected chi connectivity index (χ0v) is 15.7. The predicted molar refractivity (Wildman–Crippen MR) is 108 cm³/mol. The highest BCUT2D eigenvalue weighted by molar-refractivity contribution is 5.88. The molecule has 28 heavy (non-hydrogen) atoms. The zero-order chi connectivity index (χ0) is 19.7. The molecule has 1 aromatic heterocycles. The normalized spacial score (nSPS) is 10.9. The zero-order valence-electron chi connectivity index (χ0n) is 15.7. The quantitative estimate of drug-likeness (QED) is 0.523. The van der Waals surface area contributed by atoms with Crippen molar-refractivity contribution in [2.45, 2.75) is 20.4 Å². The number of benzene rings is 3. The van der Waals surface area contributed by atoms with Crippen molar-refractivity contribution in [1.82, 2.24) is 9.55 Å². The van der Waals surface area contributed by atoms with Crippen LogP contribution >= 0.6 is 0 Å². The molecule has 0 fully saturated rings. The van der Waals surface area contributed by atoms with Crippen molar-refractivity contribution < 1.29 is 14.6 Å². The van der Waals surface area contributed by atoms with E-state index in [9.17, 15) is 9.90 Å². The first-order valence-corrected chi connectivity index (χ1v) is 9.05. The van der Waals surface area contributed by atoms with Crippen molar-refractivity contribution >= 4 is 16.7 Å². The lowest BCUT2D eigenvalue weighted by Crippen LogP contribution is -2.12. The number of nitrogens with zero attached hydrogens (tertiary/aromatic N) is 2. The largest absolute Gasteiger partial charge is 0.477 e. The van der Waals surface area contributed by atoms with E-state index >= 15 is 0 Å². The number of aryl methyl sites for hydroxylation is 2. The Morgan fingerprint density at radius 1 is 1.00 bits per heavy atom. The van der Waals surface area contributed by atoms with E-state index in [1.165, 1.54) is 0 Å². The molecule has 0 spiro atoms. The number of aromatic carboxylic acids is 1. The van der Waals surface area contributed by atoms with E-state index in [2.05, 4.69) is 4.98 Å². The van der Waals surface area contributed by atoms with Crippen LogP contribution in [0.2, 0.25) is 0 Å². The molecule has 140 valence electrons. The number of ether oxygens (including phenoxy) is 1. The topological polar surface area (TPSA) is 64.3 Å². The molecule has 0 unspecified atom stereocenters. The Labute approximate surface area is 162 Å². The number of carboxylic acid groups (broad SMARTS) is 1. The first-order chi connectivity index (χ1) is 13.5. The third kappa shape index (κ3) is 3.22. The Bertz CT molecular complexity index is 1170. The van der Waals surface area contributed by atoms with Gasteiger partial charge < -0.3 is 9.84 Å². The van der Waals surface area contributed by atoms with Crippen LogP contribution in [-0.4, -0.2) is 20.6 Å². The number of imidazole rings is 1. The highest BCUT2D eigenvalue weighted by Crippen LogP contribution is 2.29. The summed E-state index contributed by atoms with van der Waals surface area (Å²) in [6.45, 7) is 3.98. The molecule has 5 nitrogen and oxygen atoms in total. The van der Waals surface area contributed by atoms with Crippen molar-refractivity contribution in [1.29, 1.82) is 0 Å². The van der Waals surface area contributed by atoms with Crippen LogP contribution in [0.5, 0.6) is 11.8 Å². The van der Waals surface area contributed by atoms with Gasteiger partial charge in [-0.1, -0.05) is 60.7 Å². The second kappa shape index (κ2) is 7.19. The van der Waals surface area contributed by atoms with Gasteiger partial charge in [-0.15, -0.1) is 0 Å². The van der Waals surface area contributed by atoms with E-state index in [-0.39, 0.29) is 11.7 Å². The molecular formula is C23H20N2O3. The summed E-state index contributed by atoms with van der Waals surface area (Å²) in [4.78, 5) is 16.3. The maximum atomic E-state index is 11.9. The van der Waals surface area contributed by atoms with Gasteiger partial charge in [0.1, 0.15) is 5.75 Å². The Kier molecular flexibility index (Phi) is 4.57. The van der Waals surface area contributed by atoms with Gasteiger partial charge in [0.25, 0.3) is 0 Å². The van der Waals surface area contributed by atoms with Gasteiger partial charge in [-0.05, 0) is 41.8 Å². The fourth-order valence-corrected chi connectivity index (χ4v) is 3.41. The third-order valence-corrected chi connectivity index (χ3v) is 4.81. The van der Waals surface area contributed by atoms with Crippen molar-refractivity contribution in [2.24, 2.45) is 0 Å². The second-order valence-electron chi connectivity index (χ2n) is 6.73. The maximum Gasteiger partial charge on any atom is 0.354 e. The van der Waals surface area contributed by atoms with Crippen molar-refractivity contribution in [3.63, 3.8) is 0 Å². The van der Waals surface area contributed by atoms with Crippen LogP contribution in [0, 0.1) is 13.8 Å². The lowest BCUT2D eigenvalue weighted by atomic mass is 10.0. The molecule has 0 atom stereocenters. The van der Waals surface area contributed by atoms with E-state index in [0.29, 0.717) is 18.0 Å². The van der Waals surface area contributed by atoms with E-state index in [1.807, 2.05) is 73.7 Å². The van der Waals surface area contributed by atoms with Gasteiger partial charge in [0.2, 0.25) is 0 Å². The minimum absolute atomic E-state index is 0.136. The number of carboxylic acids is 1. The van der Waals surface area contributed by atoms with Crippen LogP contribution < -0.4 is 4.74 Å². The molecule has 4 rings (SSSR count). The average molecular weight is 372 g/mol. The maximum absolute atomic E-state index is 11.9. The number of para-hydroxylation sites is 1. The fraction of sp³-hybridized carbons (Fsp3) is 0.130. The van der Waals surface area contributed by atoms with Crippen molar-refractivity contribution in [3.05, 3.63) is 89.2 Å². The first kappa shape index (κ1) is 17.8. The Morgan fingerprint density at radius 3 is 2.50 bits per heavy atom. The summed E-state index contributed by atoms with van der Waals surface area (Å²) in [7, 11) is 0. The van der Waals surface area contributed by atoms with E-state index < -0.39 is 5.97 Å². The van der Waals surface area contributed by atoms with E-state index in [1.54, 1.807) is 11.5 Å². The van der Waals surface area contributed by atoms with E-state index in [4.69, 9.17) is 4.74 Å². The van der Waals surface area contributed by atoms with Crippen LogP contribution in [0.4, 0.5) is 0 Å². The Morgan fingerprint density at radius 2 is 1.71 bits per heavy atom. The Hall–Kier alpha value is -3.60. The summed E-state index contributed by atoms with van der Waals surface area (Å²) < 4.78 is 7.66. The average Bonchev–Trinajstić information content (AvgIpc) is 2.99. The number of hydrogen-bond acceptors (Lipinski definition) is 3. The molecular weight excluding hydrogens is 352 g/mol. The number of aromatic nitrogens is 2.